The molecule has 1 fully saturated rings. The molecule has 1 atom stereocenters. The summed E-state index contributed by atoms with van der Waals surface area (Å²) in [5, 5.41) is 0. The monoisotopic (exact) mass is 415 g/mol. The first-order chi connectivity index (χ1) is 14.7. The SMILES string of the molecule is CC.CCOc1cccnc1OC1=CN(/C=C(\C)CONC2CCCC2)C(C)C=C1. The largest absolute Gasteiger partial charge is 0.488 e. The Labute approximate surface area is 181 Å². The van der Waals surface area contributed by atoms with Gasteiger partial charge in [0.05, 0.1) is 13.2 Å². The Balaban J connectivity index is 0.00000155. The average Bonchev–Trinajstić information content (AvgIpc) is 3.27. The number of hydrogen-bond acceptors (Lipinski definition) is 6. The van der Waals surface area contributed by atoms with E-state index in [4.69, 9.17) is 14.3 Å². The van der Waals surface area contributed by atoms with Crippen LogP contribution in [0, 0.1) is 0 Å². The molecular formula is C24H37N3O3. The molecule has 6 nitrogen and oxygen atoms in total. The molecule has 2 heterocycles. The van der Waals surface area contributed by atoms with Crippen LogP contribution in [0.5, 0.6) is 11.6 Å². The number of hydrogen-bond donors (Lipinski definition) is 1. The number of rotatable bonds is 9. The maximum absolute atomic E-state index is 5.97. The maximum Gasteiger partial charge on any atom is 0.262 e. The van der Waals surface area contributed by atoms with E-state index in [0.717, 1.165) is 5.57 Å². The standard InChI is InChI=1S/C22H31N3O3.C2H6/c1-4-26-21-10-7-13-23-22(21)28-20-12-11-18(3)25(15-20)14-17(2)16-27-24-19-8-5-6-9-19;1-2/h7,10-15,18-19,24H,4-6,8-9,16H2,1-3H3;1-2H3/b17-14+;. The summed E-state index contributed by atoms with van der Waals surface area (Å²) in [5.41, 5.74) is 4.32. The smallest absolute Gasteiger partial charge is 0.262 e. The van der Waals surface area contributed by atoms with Crippen LogP contribution in [-0.2, 0) is 4.84 Å². The van der Waals surface area contributed by atoms with E-state index >= 15 is 0 Å². The number of ether oxygens (including phenoxy) is 2. The molecule has 30 heavy (non-hydrogen) atoms. The second-order valence-corrected chi connectivity index (χ2v) is 7.28. The van der Waals surface area contributed by atoms with Crippen LogP contribution in [0.1, 0.15) is 60.3 Å². The lowest BCUT2D eigenvalue weighted by Crippen LogP contribution is -2.28. The van der Waals surface area contributed by atoms with Crippen molar-refractivity contribution in [2.45, 2.75) is 72.4 Å². The van der Waals surface area contributed by atoms with Crippen molar-refractivity contribution < 1.29 is 14.3 Å². The van der Waals surface area contributed by atoms with Gasteiger partial charge in [0.1, 0.15) is 5.76 Å². The van der Waals surface area contributed by atoms with Gasteiger partial charge in [0.15, 0.2) is 5.75 Å². The van der Waals surface area contributed by atoms with Crippen molar-refractivity contribution in [3.63, 3.8) is 0 Å². The van der Waals surface area contributed by atoms with Crippen molar-refractivity contribution in [3.8, 4) is 11.6 Å². The van der Waals surface area contributed by atoms with Crippen LogP contribution in [0.2, 0.25) is 0 Å². The molecule has 0 radical (unpaired) electrons. The van der Waals surface area contributed by atoms with Gasteiger partial charge in [-0.25, -0.2) is 4.98 Å². The van der Waals surface area contributed by atoms with E-state index in [1.54, 1.807) is 6.20 Å². The van der Waals surface area contributed by atoms with Crippen LogP contribution >= 0.6 is 0 Å². The molecule has 1 aromatic heterocycles. The molecule has 1 saturated carbocycles. The van der Waals surface area contributed by atoms with E-state index < -0.39 is 0 Å². The predicted octanol–water partition coefficient (Wildman–Crippen LogP) is 5.35. The highest BCUT2D eigenvalue weighted by atomic mass is 16.6. The molecule has 0 bridgehead atoms. The van der Waals surface area contributed by atoms with Crippen LogP contribution in [-0.4, -0.2) is 35.2 Å². The van der Waals surface area contributed by atoms with Crippen molar-refractivity contribution in [3.05, 3.63) is 54.2 Å². The number of nitrogens with zero attached hydrogens (tertiary/aromatic N) is 2. The number of hydroxylamine groups is 1. The maximum atomic E-state index is 5.97. The first-order valence-electron chi connectivity index (χ1n) is 11.1. The van der Waals surface area contributed by atoms with E-state index in [1.165, 1.54) is 25.7 Å². The molecule has 0 aromatic carbocycles. The molecule has 1 N–H and O–H groups in total. The van der Waals surface area contributed by atoms with Crippen LogP contribution in [0.15, 0.2) is 54.2 Å². The van der Waals surface area contributed by atoms with E-state index in [1.807, 2.05) is 45.2 Å². The van der Waals surface area contributed by atoms with E-state index in [2.05, 4.69) is 41.5 Å². The summed E-state index contributed by atoms with van der Waals surface area (Å²) in [6.07, 6.45) is 14.8. The number of allylic oxidation sites excluding steroid dienone is 1. The molecule has 1 aliphatic carbocycles. The number of nitrogens with one attached hydrogen (secondary N) is 1. The van der Waals surface area contributed by atoms with Crippen molar-refractivity contribution in [1.29, 1.82) is 0 Å². The third kappa shape index (κ3) is 7.50. The van der Waals surface area contributed by atoms with Crippen molar-refractivity contribution in [2.75, 3.05) is 13.2 Å². The summed E-state index contributed by atoms with van der Waals surface area (Å²) in [7, 11) is 0. The Bertz CT molecular complexity index is 724. The van der Waals surface area contributed by atoms with Crippen LogP contribution in [0.3, 0.4) is 0 Å². The summed E-state index contributed by atoms with van der Waals surface area (Å²) in [6, 6.07) is 4.43. The van der Waals surface area contributed by atoms with Crippen LogP contribution < -0.4 is 15.0 Å². The van der Waals surface area contributed by atoms with E-state index in [-0.39, 0.29) is 6.04 Å². The van der Waals surface area contributed by atoms with Gasteiger partial charge in [-0.3, -0.25) is 4.84 Å². The predicted molar refractivity (Wildman–Crippen MR) is 121 cm³/mol. The quantitative estimate of drug-likeness (QED) is 0.548. The topological polar surface area (TPSA) is 55.9 Å². The van der Waals surface area contributed by atoms with Gasteiger partial charge in [0.2, 0.25) is 0 Å². The van der Waals surface area contributed by atoms with E-state index in [9.17, 15) is 0 Å². The highest BCUT2D eigenvalue weighted by Crippen LogP contribution is 2.27. The second-order valence-electron chi connectivity index (χ2n) is 7.28. The summed E-state index contributed by atoms with van der Waals surface area (Å²) >= 11 is 0. The Morgan fingerprint density at radius 3 is 2.80 bits per heavy atom. The fraction of sp³-hybridized carbons (Fsp3) is 0.542. The zero-order valence-electron chi connectivity index (χ0n) is 19.1. The second kappa shape index (κ2) is 13.1. The Morgan fingerprint density at radius 1 is 1.30 bits per heavy atom. The summed E-state index contributed by atoms with van der Waals surface area (Å²) in [6.45, 7) is 11.3. The fourth-order valence-corrected chi connectivity index (χ4v) is 3.29. The lowest BCUT2D eigenvalue weighted by molar-refractivity contribution is 0.0320. The third-order valence-corrected chi connectivity index (χ3v) is 4.81. The molecule has 1 aromatic rings. The summed E-state index contributed by atoms with van der Waals surface area (Å²) < 4.78 is 11.6. The molecule has 0 saturated heterocycles. The van der Waals surface area contributed by atoms with Gasteiger partial charge in [0, 0.05) is 30.7 Å². The van der Waals surface area contributed by atoms with Gasteiger partial charge in [-0.05, 0) is 57.4 Å². The Morgan fingerprint density at radius 2 is 2.07 bits per heavy atom. The molecule has 0 amide bonds. The fourth-order valence-electron chi connectivity index (χ4n) is 3.29. The highest BCUT2D eigenvalue weighted by Gasteiger charge is 2.16. The van der Waals surface area contributed by atoms with E-state index in [0.29, 0.717) is 36.6 Å². The molecule has 3 rings (SSSR count). The lowest BCUT2D eigenvalue weighted by Gasteiger charge is -2.27. The number of aromatic nitrogens is 1. The first kappa shape index (κ1) is 24.0. The molecule has 2 aliphatic rings. The normalized spacial score (nSPS) is 19.2. The van der Waals surface area contributed by atoms with Gasteiger partial charge in [0.25, 0.3) is 5.88 Å². The summed E-state index contributed by atoms with van der Waals surface area (Å²) in [5.74, 6) is 1.83. The zero-order chi connectivity index (χ0) is 21.8. The van der Waals surface area contributed by atoms with Gasteiger partial charge < -0.3 is 14.4 Å². The molecule has 1 unspecified atom stereocenters. The zero-order valence-corrected chi connectivity index (χ0v) is 19.1. The van der Waals surface area contributed by atoms with Crippen LogP contribution in [0.4, 0.5) is 0 Å². The lowest BCUT2D eigenvalue weighted by atomic mass is 10.2. The molecular weight excluding hydrogens is 378 g/mol. The van der Waals surface area contributed by atoms with Crippen LogP contribution in [0.25, 0.3) is 0 Å². The van der Waals surface area contributed by atoms with Gasteiger partial charge in [-0.2, -0.15) is 5.48 Å². The molecule has 0 spiro atoms. The average molecular weight is 416 g/mol. The highest BCUT2D eigenvalue weighted by molar-refractivity contribution is 5.35. The minimum Gasteiger partial charge on any atom is -0.488 e. The van der Waals surface area contributed by atoms with Gasteiger partial charge in [-0.15, -0.1) is 0 Å². The molecule has 1 aliphatic heterocycles. The minimum absolute atomic E-state index is 0.236. The number of pyridine rings is 1. The Hall–Kier alpha value is -2.31. The van der Waals surface area contributed by atoms with Crippen molar-refractivity contribution in [1.82, 2.24) is 15.4 Å². The molecule has 166 valence electrons. The third-order valence-electron chi connectivity index (χ3n) is 4.81. The minimum atomic E-state index is 0.236. The van der Waals surface area contributed by atoms with Crippen molar-refractivity contribution >= 4 is 0 Å². The first-order valence-corrected chi connectivity index (χ1v) is 11.1. The Kier molecular flexibility index (Phi) is 10.5. The molecule has 6 heteroatoms. The van der Waals surface area contributed by atoms with Crippen molar-refractivity contribution in [2.24, 2.45) is 0 Å². The summed E-state index contributed by atoms with van der Waals surface area (Å²) in [4.78, 5) is 12.1. The van der Waals surface area contributed by atoms with Gasteiger partial charge in [-0.1, -0.05) is 32.8 Å². The van der Waals surface area contributed by atoms with Gasteiger partial charge >= 0.3 is 0 Å².